The third kappa shape index (κ3) is 4.62. The van der Waals surface area contributed by atoms with Crippen molar-refractivity contribution >= 4 is 0 Å². The number of aliphatic hydroxyl groups excluding tert-OH is 1. The molecule has 0 spiro atoms. The summed E-state index contributed by atoms with van der Waals surface area (Å²) in [5, 5.41) is 19.9. The van der Waals surface area contributed by atoms with Crippen LogP contribution in [0.5, 0.6) is 11.5 Å². The molecular weight excluding hydrogens is 304 g/mol. The van der Waals surface area contributed by atoms with Gasteiger partial charge in [0.25, 0.3) is 0 Å². The molecule has 2 N–H and O–H groups in total. The first-order chi connectivity index (χ1) is 11.5. The Labute approximate surface area is 145 Å². The highest BCUT2D eigenvalue weighted by atomic mass is 16.5. The summed E-state index contributed by atoms with van der Waals surface area (Å²) in [7, 11) is 0. The number of hydrogen-bond acceptors (Lipinski definition) is 5. The zero-order valence-electron chi connectivity index (χ0n) is 15.4. The Hall–Kier alpha value is -1.30. The van der Waals surface area contributed by atoms with Crippen molar-refractivity contribution in [2.45, 2.75) is 39.8 Å². The van der Waals surface area contributed by atoms with Crippen LogP contribution in [0.15, 0.2) is 18.2 Å². The van der Waals surface area contributed by atoms with Gasteiger partial charge in [-0.1, -0.05) is 19.9 Å². The maximum atomic E-state index is 9.99. The first-order valence-corrected chi connectivity index (χ1v) is 9.00. The highest BCUT2D eigenvalue weighted by molar-refractivity contribution is 5.43. The normalized spacial score (nSPS) is 21.2. The van der Waals surface area contributed by atoms with E-state index in [4.69, 9.17) is 4.74 Å². The number of phenolic OH excluding ortho intramolecular Hbond substituents is 1. The molecular formula is C19H32N2O3. The molecule has 1 aliphatic heterocycles. The largest absolute Gasteiger partial charge is 0.504 e. The fraction of sp³-hybridized carbons (Fsp3) is 0.684. The average Bonchev–Trinajstić information content (AvgIpc) is 2.52. The molecule has 0 saturated carbocycles. The lowest BCUT2D eigenvalue weighted by molar-refractivity contribution is 0.0214. The smallest absolute Gasteiger partial charge is 0.161 e. The molecule has 0 aliphatic carbocycles. The molecule has 0 radical (unpaired) electrons. The number of hydrogen-bond donors (Lipinski definition) is 2. The summed E-state index contributed by atoms with van der Waals surface area (Å²) in [6.07, 6.45) is 0. The van der Waals surface area contributed by atoms with Crippen molar-refractivity contribution in [1.82, 2.24) is 9.80 Å². The van der Waals surface area contributed by atoms with Crippen molar-refractivity contribution in [3.63, 3.8) is 0 Å². The Morgan fingerprint density at radius 3 is 2.62 bits per heavy atom. The first kappa shape index (κ1) is 19.0. The Balaban J connectivity index is 2.12. The van der Waals surface area contributed by atoms with Gasteiger partial charge in [-0.25, -0.2) is 0 Å². The molecule has 1 aromatic rings. The quantitative estimate of drug-likeness (QED) is 0.801. The molecule has 136 valence electrons. The van der Waals surface area contributed by atoms with E-state index in [9.17, 15) is 10.2 Å². The summed E-state index contributed by atoms with van der Waals surface area (Å²) in [4.78, 5) is 4.86. The highest BCUT2D eigenvalue weighted by Crippen LogP contribution is 2.32. The average molecular weight is 336 g/mol. The van der Waals surface area contributed by atoms with Crippen LogP contribution >= 0.6 is 0 Å². The Morgan fingerprint density at radius 2 is 2.04 bits per heavy atom. The van der Waals surface area contributed by atoms with Crippen molar-refractivity contribution < 1.29 is 14.9 Å². The maximum absolute atomic E-state index is 9.99. The molecule has 1 fully saturated rings. The van der Waals surface area contributed by atoms with Gasteiger partial charge in [-0.2, -0.15) is 0 Å². The number of ether oxygens (including phenoxy) is 1. The van der Waals surface area contributed by atoms with Gasteiger partial charge in [0.1, 0.15) is 0 Å². The highest BCUT2D eigenvalue weighted by Gasteiger charge is 2.30. The number of benzene rings is 1. The number of aliphatic hydroxyl groups is 1. The third-order valence-corrected chi connectivity index (χ3v) is 4.63. The van der Waals surface area contributed by atoms with E-state index in [1.807, 2.05) is 19.1 Å². The third-order valence-electron chi connectivity index (χ3n) is 4.63. The minimum atomic E-state index is -0.0685. The van der Waals surface area contributed by atoms with Gasteiger partial charge in [-0.3, -0.25) is 4.90 Å². The SMILES string of the molecule is CCOc1cc(C(CO)N2CCN(CC(C)C)CC2C)ccc1O. The monoisotopic (exact) mass is 336 g/mol. The molecule has 0 aromatic heterocycles. The minimum absolute atomic E-state index is 0.0604. The molecule has 5 nitrogen and oxygen atoms in total. The van der Waals surface area contributed by atoms with E-state index in [2.05, 4.69) is 30.6 Å². The Morgan fingerprint density at radius 1 is 1.29 bits per heavy atom. The van der Waals surface area contributed by atoms with Gasteiger partial charge in [0.05, 0.1) is 19.3 Å². The van der Waals surface area contributed by atoms with E-state index in [1.54, 1.807) is 6.07 Å². The summed E-state index contributed by atoms with van der Waals surface area (Å²) in [5.74, 6) is 1.30. The van der Waals surface area contributed by atoms with E-state index in [-0.39, 0.29) is 18.4 Å². The van der Waals surface area contributed by atoms with Crippen molar-refractivity contribution in [2.24, 2.45) is 5.92 Å². The van der Waals surface area contributed by atoms with Crippen molar-refractivity contribution in [2.75, 3.05) is 39.4 Å². The molecule has 2 rings (SSSR count). The van der Waals surface area contributed by atoms with Gasteiger partial charge < -0.3 is 19.8 Å². The molecule has 24 heavy (non-hydrogen) atoms. The van der Waals surface area contributed by atoms with E-state index in [0.717, 1.165) is 31.7 Å². The first-order valence-electron chi connectivity index (χ1n) is 9.00. The zero-order valence-corrected chi connectivity index (χ0v) is 15.4. The molecule has 5 heteroatoms. The summed E-state index contributed by atoms with van der Waals surface area (Å²) in [5.41, 5.74) is 0.989. The van der Waals surface area contributed by atoms with Crippen molar-refractivity contribution in [1.29, 1.82) is 0 Å². The molecule has 0 bridgehead atoms. The van der Waals surface area contributed by atoms with E-state index in [1.165, 1.54) is 0 Å². The fourth-order valence-electron chi connectivity index (χ4n) is 3.60. The topological polar surface area (TPSA) is 56.2 Å². The number of nitrogens with zero attached hydrogens (tertiary/aromatic N) is 2. The van der Waals surface area contributed by atoms with Crippen molar-refractivity contribution in [3.05, 3.63) is 23.8 Å². The lowest BCUT2D eigenvalue weighted by atomic mass is 10.0. The van der Waals surface area contributed by atoms with Gasteiger partial charge in [-0.15, -0.1) is 0 Å². The van der Waals surface area contributed by atoms with Crippen molar-refractivity contribution in [3.8, 4) is 11.5 Å². The molecule has 1 saturated heterocycles. The van der Waals surface area contributed by atoms with Crippen LogP contribution in [0.4, 0.5) is 0 Å². The number of aromatic hydroxyl groups is 1. The lowest BCUT2D eigenvalue weighted by Crippen LogP contribution is -2.54. The van der Waals surface area contributed by atoms with Gasteiger partial charge >= 0.3 is 0 Å². The molecule has 2 unspecified atom stereocenters. The van der Waals surface area contributed by atoms with E-state index < -0.39 is 0 Å². The lowest BCUT2D eigenvalue weighted by Gasteiger charge is -2.44. The van der Waals surface area contributed by atoms with Crippen LogP contribution in [0.25, 0.3) is 0 Å². The second-order valence-corrected chi connectivity index (χ2v) is 7.10. The maximum Gasteiger partial charge on any atom is 0.161 e. The number of piperazine rings is 1. The number of phenols is 1. The van der Waals surface area contributed by atoms with Gasteiger partial charge in [-0.05, 0) is 37.5 Å². The minimum Gasteiger partial charge on any atom is -0.504 e. The zero-order chi connectivity index (χ0) is 17.7. The Kier molecular flexibility index (Phi) is 6.90. The molecule has 0 amide bonds. The molecule has 1 heterocycles. The van der Waals surface area contributed by atoms with Crippen LogP contribution in [0.2, 0.25) is 0 Å². The predicted molar refractivity (Wildman–Crippen MR) is 96.5 cm³/mol. The van der Waals surface area contributed by atoms with Crippen LogP contribution in [0, 0.1) is 5.92 Å². The van der Waals surface area contributed by atoms with Gasteiger partial charge in [0.15, 0.2) is 11.5 Å². The summed E-state index contributed by atoms with van der Waals surface area (Å²) >= 11 is 0. The van der Waals surface area contributed by atoms with Crippen LogP contribution in [-0.4, -0.2) is 65.4 Å². The Bertz CT molecular complexity index is 521. The van der Waals surface area contributed by atoms with E-state index >= 15 is 0 Å². The summed E-state index contributed by atoms with van der Waals surface area (Å²) in [6.45, 7) is 13.3. The van der Waals surface area contributed by atoms with E-state index in [0.29, 0.717) is 24.3 Å². The fourth-order valence-corrected chi connectivity index (χ4v) is 3.60. The van der Waals surface area contributed by atoms with Crippen LogP contribution in [-0.2, 0) is 0 Å². The molecule has 1 aromatic carbocycles. The van der Waals surface area contributed by atoms with Crippen LogP contribution in [0.3, 0.4) is 0 Å². The number of rotatable bonds is 7. The summed E-state index contributed by atoms with van der Waals surface area (Å²) in [6, 6.07) is 5.70. The van der Waals surface area contributed by atoms with Gasteiger partial charge in [0.2, 0.25) is 0 Å². The standard InChI is InChI=1S/C19H32N2O3/c1-5-24-19-10-16(6-7-18(19)23)17(13-22)21-9-8-20(11-14(2)3)12-15(21)4/h6-7,10,14-15,17,22-23H,5,8-9,11-13H2,1-4H3. The van der Waals surface area contributed by atoms with Crippen LogP contribution < -0.4 is 4.74 Å². The summed E-state index contributed by atoms with van der Waals surface area (Å²) < 4.78 is 5.49. The molecule has 1 aliphatic rings. The van der Waals surface area contributed by atoms with Gasteiger partial charge in [0, 0.05) is 32.2 Å². The molecule has 2 atom stereocenters. The predicted octanol–water partition coefficient (Wildman–Crippen LogP) is 2.49. The second kappa shape index (κ2) is 8.70. The van der Waals surface area contributed by atoms with Crippen LogP contribution in [0.1, 0.15) is 39.3 Å². The second-order valence-electron chi connectivity index (χ2n) is 7.10.